The molecular weight excluding hydrogens is 392 g/mol. The summed E-state index contributed by atoms with van der Waals surface area (Å²) in [4.78, 5) is 12.1. The first-order valence-electron chi connectivity index (χ1n) is 10.4. The zero-order valence-corrected chi connectivity index (χ0v) is 18.6. The standard InChI is InChI=1S/C21H34N2O5S/c1-15(2)29(25,26)22-12-6-5-7-21(24)23-18-8-10-19(11-9-18)28-20-13-16(3)27-17(4)14-20/h8-11,15-17,20,22H,5-7,12-14H2,1-4H3,(H,23,24). The Morgan fingerprint density at radius 1 is 1.14 bits per heavy atom. The number of amides is 1. The monoisotopic (exact) mass is 426 g/mol. The van der Waals surface area contributed by atoms with Crippen molar-refractivity contribution in [2.24, 2.45) is 0 Å². The maximum Gasteiger partial charge on any atom is 0.224 e. The second kappa shape index (κ2) is 10.9. The number of unbranched alkanes of at least 4 members (excludes halogenated alkanes) is 1. The number of carbonyl (C=O) groups is 1. The van der Waals surface area contributed by atoms with E-state index in [4.69, 9.17) is 9.47 Å². The molecule has 2 rings (SSSR count). The Kier molecular flexibility index (Phi) is 8.92. The molecule has 1 aromatic rings. The summed E-state index contributed by atoms with van der Waals surface area (Å²) in [6.07, 6.45) is 3.86. The fraction of sp³-hybridized carbons (Fsp3) is 0.667. The molecule has 164 valence electrons. The first-order chi connectivity index (χ1) is 13.7. The van der Waals surface area contributed by atoms with Crippen molar-refractivity contribution in [1.82, 2.24) is 4.72 Å². The summed E-state index contributed by atoms with van der Waals surface area (Å²) in [6.45, 7) is 7.74. The maximum absolute atomic E-state index is 12.1. The molecule has 1 aromatic carbocycles. The Labute approximate surface area is 174 Å². The number of nitrogens with one attached hydrogen (secondary N) is 2. The van der Waals surface area contributed by atoms with Crippen LogP contribution in [-0.2, 0) is 19.6 Å². The number of benzene rings is 1. The van der Waals surface area contributed by atoms with E-state index < -0.39 is 15.3 Å². The molecule has 1 amide bonds. The van der Waals surface area contributed by atoms with Gasteiger partial charge in [0.15, 0.2) is 0 Å². The highest BCUT2D eigenvalue weighted by Gasteiger charge is 2.25. The molecule has 0 saturated carbocycles. The highest BCUT2D eigenvalue weighted by Crippen LogP contribution is 2.25. The predicted molar refractivity (Wildman–Crippen MR) is 115 cm³/mol. The fourth-order valence-corrected chi connectivity index (χ4v) is 4.03. The van der Waals surface area contributed by atoms with Gasteiger partial charge in [0, 0.05) is 31.5 Å². The van der Waals surface area contributed by atoms with Crippen molar-refractivity contribution in [2.45, 2.75) is 83.4 Å². The van der Waals surface area contributed by atoms with Gasteiger partial charge in [-0.25, -0.2) is 13.1 Å². The van der Waals surface area contributed by atoms with Gasteiger partial charge in [-0.3, -0.25) is 4.79 Å². The molecule has 1 heterocycles. The van der Waals surface area contributed by atoms with Crippen molar-refractivity contribution in [3.05, 3.63) is 24.3 Å². The van der Waals surface area contributed by atoms with Gasteiger partial charge in [0.05, 0.1) is 17.5 Å². The third kappa shape index (κ3) is 8.32. The predicted octanol–water partition coefficient (Wildman–Crippen LogP) is 3.46. The minimum absolute atomic E-state index is 0.0857. The molecule has 1 saturated heterocycles. The minimum atomic E-state index is -3.24. The molecule has 0 radical (unpaired) electrons. The zero-order chi connectivity index (χ0) is 21.4. The van der Waals surface area contributed by atoms with E-state index in [9.17, 15) is 13.2 Å². The van der Waals surface area contributed by atoms with Gasteiger partial charge in [-0.15, -0.1) is 0 Å². The maximum atomic E-state index is 12.1. The second-order valence-corrected chi connectivity index (χ2v) is 10.3. The summed E-state index contributed by atoms with van der Waals surface area (Å²) in [7, 11) is -3.24. The third-order valence-electron chi connectivity index (χ3n) is 4.85. The molecule has 7 nitrogen and oxygen atoms in total. The van der Waals surface area contributed by atoms with Crippen LogP contribution in [-0.4, -0.2) is 44.4 Å². The van der Waals surface area contributed by atoms with Gasteiger partial charge < -0.3 is 14.8 Å². The number of hydrogen-bond acceptors (Lipinski definition) is 5. The number of anilines is 1. The summed E-state index contributed by atoms with van der Waals surface area (Å²) in [5, 5.41) is 2.41. The van der Waals surface area contributed by atoms with Crippen molar-refractivity contribution < 1.29 is 22.7 Å². The molecule has 0 spiro atoms. The zero-order valence-electron chi connectivity index (χ0n) is 17.8. The lowest BCUT2D eigenvalue weighted by molar-refractivity contribution is -0.116. The summed E-state index contributed by atoms with van der Waals surface area (Å²) in [5.74, 6) is 0.698. The SMILES string of the molecule is CC1CC(Oc2ccc(NC(=O)CCCCNS(=O)(=O)C(C)C)cc2)CC(C)O1. The van der Waals surface area contributed by atoms with E-state index in [1.807, 2.05) is 24.3 Å². The van der Waals surface area contributed by atoms with Crippen LogP contribution in [0.1, 0.15) is 59.8 Å². The van der Waals surface area contributed by atoms with Crippen LogP contribution in [0.3, 0.4) is 0 Å². The van der Waals surface area contributed by atoms with Crippen LogP contribution in [0.2, 0.25) is 0 Å². The van der Waals surface area contributed by atoms with Crippen LogP contribution < -0.4 is 14.8 Å². The Balaban J connectivity index is 1.69. The number of ether oxygens (including phenoxy) is 2. The number of carbonyl (C=O) groups excluding carboxylic acids is 1. The normalized spacial score (nSPS) is 22.4. The molecule has 2 atom stereocenters. The van der Waals surface area contributed by atoms with Crippen molar-refractivity contribution >= 4 is 21.6 Å². The van der Waals surface area contributed by atoms with Gasteiger partial charge in [-0.05, 0) is 64.8 Å². The van der Waals surface area contributed by atoms with Crippen molar-refractivity contribution in [3.63, 3.8) is 0 Å². The lowest BCUT2D eigenvalue weighted by Gasteiger charge is -2.32. The molecule has 0 aromatic heterocycles. The van der Waals surface area contributed by atoms with Gasteiger partial charge >= 0.3 is 0 Å². The van der Waals surface area contributed by atoms with E-state index >= 15 is 0 Å². The fourth-order valence-electron chi connectivity index (χ4n) is 3.26. The smallest absolute Gasteiger partial charge is 0.224 e. The molecular formula is C21H34N2O5S. The molecule has 0 bridgehead atoms. The quantitative estimate of drug-likeness (QED) is 0.559. The average Bonchev–Trinajstić information content (AvgIpc) is 2.62. The Bertz CT molecular complexity index is 739. The Morgan fingerprint density at radius 2 is 1.76 bits per heavy atom. The van der Waals surface area contributed by atoms with E-state index in [0.717, 1.165) is 24.3 Å². The first kappa shape index (κ1) is 23.6. The lowest BCUT2D eigenvalue weighted by atomic mass is 10.0. The van der Waals surface area contributed by atoms with Crippen LogP contribution in [0.15, 0.2) is 24.3 Å². The highest BCUT2D eigenvalue weighted by molar-refractivity contribution is 7.90. The molecule has 2 unspecified atom stereocenters. The molecule has 29 heavy (non-hydrogen) atoms. The van der Waals surface area contributed by atoms with Gasteiger partial charge in [-0.1, -0.05) is 0 Å². The summed E-state index contributed by atoms with van der Waals surface area (Å²) >= 11 is 0. The molecule has 8 heteroatoms. The Hall–Kier alpha value is -1.64. The number of rotatable bonds is 10. The Morgan fingerprint density at radius 3 is 2.34 bits per heavy atom. The third-order valence-corrected chi connectivity index (χ3v) is 6.70. The van der Waals surface area contributed by atoms with E-state index in [0.29, 0.717) is 25.8 Å². The van der Waals surface area contributed by atoms with E-state index in [-0.39, 0.29) is 24.2 Å². The van der Waals surface area contributed by atoms with E-state index in [1.165, 1.54) is 0 Å². The molecule has 1 aliphatic heterocycles. The van der Waals surface area contributed by atoms with Gasteiger partial charge in [-0.2, -0.15) is 0 Å². The second-order valence-electron chi connectivity index (χ2n) is 7.99. The largest absolute Gasteiger partial charge is 0.490 e. The number of sulfonamides is 1. The lowest BCUT2D eigenvalue weighted by Crippen LogP contribution is -2.35. The molecule has 1 fully saturated rings. The number of hydrogen-bond donors (Lipinski definition) is 2. The minimum Gasteiger partial charge on any atom is -0.490 e. The van der Waals surface area contributed by atoms with Crippen LogP contribution in [0, 0.1) is 0 Å². The summed E-state index contributed by atoms with van der Waals surface area (Å²) < 4.78 is 37.6. The van der Waals surface area contributed by atoms with Gasteiger partial charge in [0.25, 0.3) is 0 Å². The van der Waals surface area contributed by atoms with Crippen LogP contribution in [0.4, 0.5) is 5.69 Å². The van der Waals surface area contributed by atoms with Crippen LogP contribution >= 0.6 is 0 Å². The van der Waals surface area contributed by atoms with Gasteiger partial charge in [0.2, 0.25) is 15.9 Å². The summed E-state index contributed by atoms with van der Waals surface area (Å²) in [6, 6.07) is 7.38. The molecule has 0 aliphatic carbocycles. The topological polar surface area (TPSA) is 93.7 Å². The first-order valence-corrected chi connectivity index (χ1v) is 11.9. The van der Waals surface area contributed by atoms with Gasteiger partial charge in [0.1, 0.15) is 11.9 Å². The van der Waals surface area contributed by atoms with E-state index in [1.54, 1.807) is 13.8 Å². The van der Waals surface area contributed by atoms with Crippen molar-refractivity contribution in [1.29, 1.82) is 0 Å². The van der Waals surface area contributed by atoms with Crippen molar-refractivity contribution in [3.8, 4) is 5.75 Å². The van der Waals surface area contributed by atoms with Crippen LogP contribution in [0.25, 0.3) is 0 Å². The molecule has 2 N–H and O–H groups in total. The molecule has 1 aliphatic rings. The van der Waals surface area contributed by atoms with Crippen molar-refractivity contribution in [2.75, 3.05) is 11.9 Å². The highest BCUT2D eigenvalue weighted by atomic mass is 32.2. The van der Waals surface area contributed by atoms with E-state index in [2.05, 4.69) is 23.9 Å². The average molecular weight is 427 g/mol. The summed E-state index contributed by atoms with van der Waals surface area (Å²) in [5.41, 5.74) is 0.719. The van der Waals surface area contributed by atoms with Crippen LogP contribution in [0.5, 0.6) is 5.75 Å².